The van der Waals surface area contributed by atoms with Gasteiger partial charge in [-0.15, -0.1) is 0 Å². The Morgan fingerprint density at radius 1 is 1.11 bits per heavy atom. The van der Waals surface area contributed by atoms with E-state index in [1.807, 2.05) is 0 Å². The van der Waals surface area contributed by atoms with Crippen LogP contribution < -0.4 is 0 Å². The number of ether oxygens (including phenoxy) is 2. The van der Waals surface area contributed by atoms with E-state index in [0.29, 0.717) is 6.42 Å². The number of hydrogen-bond acceptors (Lipinski definition) is 6. The number of carboxylic acid groups (broad SMARTS) is 2. The van der Waals surface area contributed by atoms with Crippen molar-refractivity contribution in [2.24, 2.45) is 0 Å². The Kier molecular flexibility index (Phi) is 7.63. The minimum Gasteiger partial charge on any atom is -0.478 e. The second kappa shape index (κ2) is 9.27. The second-order valence-electron chi connectivity index (χ2n) is 6.93. The molecule has 0 saturated carbocycles. The molecule has 0 aliphatic heterocycles. The molecule has 0 radical (unpaired) electrons. The number of rotatable bonds is 10. The Morgan fingerprint density at radius 2 is 1.68 bits per heavy atom. The van der Waals surface area contributed by atoms with E-state index in [9.17, 15) is 19.2 Å². The quantitative estimate of drug-likeness (QED) is 0.353. The van der Waals surface area contributed by atoms with Gasteiger partial charge in [0.15, 0.2) is 5.78 Å². The standard InChI is InChI=1S/C20H24O8/c1-11(2)19(26)28-20(4,5)8-9-27-12(3)16(21)13-6-7-14(17(22)23)15(10-13)18(24)25/h6-7,10,12H,1,8-9H2,2-5H3,(H,22,23)(H,24,25). The van der Waals surface area contributed by atoms with Crippen molar-refractivity contribution in [2.75, 3.05) is 6.61 Å². The lowest BCUT2D eigenvalue weighted by Gasteiger charge is -2.25. The molecule has 0 spiro atoms. The number of carbonyl (C=O) groups excluding carboxylic acids is 2. The summed E-state index contributed by atoms with van der Waals surface area (Å²) in [5.41, 5.74) is -1.39. The third-order valence-corrected chi connectivity index (χ3v) is 3.92. The highest BCUT2D eigenvalue weighted by molar-refractivity contribution is 6.06. The summed E-state index contributed by atoms with van der Waals surface area (Å²) < 4.78 is 10.8. The predicted octanol–water partition coefficient (Wildman–Crippen LogP) is 2.96. The molecule has 0 saturated heterocycles. The van der Waals surface area contributed by atoms with E-state index in [1.165, 1.54) is 19.9 Å². The fourth-order valence-electron chi connectivity index (χ4n) is 2.24. The van der Waals surface area contributed by atoms with Crippen LogP contribution >= 0.6 is 0 Å². The number of carboxylic acids is 2. The Hall–Kier alpha value is -3.00. The summed E-state index contributed by atoms with van der Waals surface area (Å²) in [5, 5.41) is 18.2. The lowest BCUT2D eigenvalue weighted by molar-refractivity contribution is -0.153. The number of benzene rings is 1. The van der Waals surface area contributed by atoms with Gasteiger partial charge >= 0.3 is 17.9 Å². The number of carbonyl (C=O) groups is 4. The molecule has 1 unspecified atom stereocenters. The minimum atomic E-state index is -1.44. The van der Waals surface area contributed by atoms with E-state index in [1.54, 1.807) is 13.8 Å². The molecule has 1 aromatic carbocycles. The molecule has 8 nitrogen and oxygen atoms in total. The zero-order chi connectivity index (χ0) is 21.6. The SMILES string of the molecule is C=C(C)C(=O)OC(C)(C)CCOC(C)C(=O)c1ccc(C(=O)O)c(C(=O)O)c1. The van der Waals surface area contributed by atoms with Gasteiger partial charge in [0.05, 0.1) is 17.7 Å². The first-order chi connectivity index (χ1) is 12.9. The molecule has 0 heterocycles. The summed E-state index contributed by atoms with van der Waals surface area (Å²) in [6, 6.07) is 3.34. The lowest BCUT2D eigenvalue weighted by Crippen LogP contribution is -2.31. The van der Waals surface area contributed by atoms with Gasteiger partial charge in [-0.1, -0.05) is 12.6 Å². The summed E-state index contributed by atoms with van der Waals surface area (Å²) in [6.45, 7) is 10.1. The zero-order valence-corrected chi connectivity index (χ0v) is 16.3. The highest BCUT2D eigenvalue weighted by atomic mass is 16.6. The molecule has 1 atom stereocenters. The fraction of sp³-hybridized carbons (Fsp3) is 0.400. The summed E-state index contributed by atoms with van der Waals surface area (Å²) in [7, 11) is 0. The number of aromatic carboxylic acids is 2. The average Bonchev–Trinajstić information content (AvgIpc) is 2.59. The van der Waals surface area contributed by atoms with E-state index in [2.05, 4.69) is 6.58 Å². The molecule has 2 N–H and O–H groups in total. The Bertz CT molecular complexity index is 806. The Balaban J connectivity index is 2.77. The summed E-state index contributed by atoms with van der Waals surface area (Å²) in [6.07, 6.45) is -0.577. The molecule has 28 heavy (non-hydrogen) atoms. The van der Waals surface area contributed by atoms with E-state index in [4.69, 9.17) is 19.7 Å². The van der Waals surface area contributed by atoms with E-state index >= 15 is 0 Å². The predicted molar refractivity (Wildman–Crippen MR) is 99.7 cm³/mol. The van der Waals surface area contributed by atoms with Crippen LogP contribution in [0.4, 0.5) is 0 Å². The van der Waals surface area contributed by atoms with Crippen LogP contribution in [0.25, 0.3) is 0 Å². The average molecular weight is 392 g/mol. The van der Waals surface area contributed by atoms with Crippen molar-refractivity contribution >= 4 is 23.7 Å². The van der Waals surface area contributed by atoms with Crippen molar-refractivity contribution in [1.29, 1.82) is 0 Å². The van der Waals surface area contributed by atoms with E-state index in [-0.39, 0.29) is 17.7 Å². The van der Waals surface area contributed by atoms with Gasteiger partial charge in [0.25, 0.3) is 0 Å². The van der Waals surface area contributed by atoms with Crippen LogP contribution in [0.1, 0.15) is 65.2 Å². The largest absolute Gasteiger partial charge is 0.478 e. The molecule has 0 aliphatic rings. The van der Waals surface area contributed by atoms with Crippen molar-refractivity contribution < 1.29 is 38.9 Å². The van der Waals surface area contributed by atoms with Gasteiger partial charge in [-0.05, 0) is 39.8 Å². The molecule has 1 rings (SSSR count). The first kappa shape index (κ1) is 23.0. The first-order valence-electron chi connectivity index (χ1n) is 8.51. The van der Waals surface area contributed by atoms with Gasteiger partial charge in [0.2, 0.25) is 0 Å². The maximum atomic E-state index is 12.5. The molecule has 152 valence electrons. The minimum absolute atomic E-state index is 0.0304. The smallest absolute Gasteiger partial charge is 0.336 e. The highest BCUT2D eigenvalue weighted by Gasteiger charge is 2.25. The third-order valence-electron chi connectivity index (χ3n) is 3.92. The van der Waals surface area contributed by atoms with Crippen LogP contribution in [-0.4, -0.2) is 52.2 Å². The summed E-state index contributed by atoms with van der Waals surface area (Å²) in [4.78, 5) is 46.4. The molecule has 0 aliphatic carbocycles. The van der Waals surface area contributed by atoms with Crippen molar-refractivity contribution in [3.8, 4) is 0 Å². The molecule has 0 fully saturated rings. The van der Waals surface area contributed by atoms with Crippen LogP contribution in [0.15, 0.2) is 30.4 Å². The zero-order valence-electron chi connectivity index (χ0n) is 16.3. The third kappa shape index (κ3) is 6.31. The van der Waals surface area contributed by atoms with Gasteiger partial charge in [-0.25, -0.2) is 14.4 Å². The van der Waals surface area contributed by atoms with Crippen molar-refractivity contribution in [3.63, 3.8) is 0 Å². The van der Waals surface area contributed by atoms with Gasteiger partial charge < -0.3 is 19.7 Å². The highest BCUT2D eigenvalue weighted by Crippen LogP contribution is 2.18. The van der Waals surface area contributed by atoms with E-state index < -0.39 is 46.5 Å². The molecular weight excluding hydrogens is 368 g/mol. The Labute approximate surface area is 162 Å². The summed E-state index contributed by atoms with van der Waals surface area (Å²) in [5.74, 6) is -3.85. The first-order valence-corrected chi connectivity index (χ1v) is 8.51. The molecule has 8 heteroatoms. The van der Waals surface area contributed by atoms with Gasteiger partial charge in [-0.3, -0.25) is 4.79 Å². The maximum Gasteiger partial charge on any atom is 0.336 e. The maximum absolute atomic E-state index is 12.5. The topological polar surface area (TPSA) is 127 Å². The van der Waals surface area contributed by atoms with Crippen LogP contribution in [0.3, 0.4) is 0 Å². The van der Waals surface area contributed by atoms with Crippen LogP contribution in [0.5, 0.6) is 0 Å². The Morgan fingerprint density at radius 3 is 2.18 bits per heavy atom. The summed E-state index contributed by atoms with van der Waals surface area (Å²) >= 11 is 0. The van der Waals surface area contributed by atoms with Crippen molar-refractivity contribution in [1.82, 2.24) is 0 Å². The number of esters is 1. The molecule has 1 aromatic rings. The van der Waals surface area contributed by atoms with Gasteiger partial charge in [0, 0.05) is 17.6 Å². The van der Waals surface area contributed by atoms with Crippen molar-refractivity contribution in [2.45, 2.75) is 45.8 Å². The number of ketones is 1. The molecule has 0 bridgehead atoms. The van der Waals surface area contributed by atoms with Crippen LogP contribution in [0.2, 0.25) is 0 Å². The van der Waals surface area contributed by atoms with Crippen LogP contribution in [0, 0.1) is 0 Å². The van der Waals surface area contributed by atoms with Gasteiger partial charge in [-0.2, -0.15) is 0 Å². The fourth-order valence-corrected chi connectivity index (χ4v) is 2.24. The van der Waals surface area contributed by atoms with E-state index in [0.717, 1.165) is 12.1 Å². The lowest BCUT2D eigenvalue weighted by atomic mass is 9.99. The molecule has 0 amide bonds. The molecular formula is C20H24O8. The normalized spacial score (nSPS) is 12.1. The van der Waals surface area contributed by atoms with Crippen molar-refractivity contribution in [3.05, 3.63) is 47.0 Å². The number of hydrogen-bond donors (Lipinski definition) is 2. The monoisotopic (exact) mass is 392 g/mol. The van der Waals surface area contributed by atoms with Gasteiger partial charge in [0.1, 0.15) is 11.7 Å². The van der Waals surface area contributed by atoms with Crippen LogP contribution in [-0.2, 0) is 14.3 Å². The molecule has 0 aromatic heterocycles. The number of Topliss-reactive ketones (excluding diaryl/α,β-unsaturated/α-hetero) is 1. The second-order valence-corrected chi connectivity index (χ2v) is 6.93.